The van der Waals surface area contributed by atoms with Crippen LogP contribution in [-0.2, 0) is 4.79 Å². The average molecular weight is 204 g/mol. The van der Waals surface area contributed by atoms with Crippen molar-refractivity contribution in [3.63, 3.8) is 0 Å². The summed E-state index contributed by atoms with van der Waals surface area (Å²) in [6.07, 6.45) is 0. The molecule has 6 heteroatoms. The number of hydrogen-bond donors (Lipinski definition) is 2. The van der Waals surface area contributed by atoms with Gasteiger partial charge in [0.1, 0.15) is 0 Å². The largest absolute Gasteiger partial charge is 0.376 e. The van der Waals surface area contributed by atoms with Crippen molar-refractivity contribution in [2.45, 2.75) is 0 Å². The third-order valence-electron chi connectivity index (χ3n) is 1.45. The summed E-state index contributed by atoms with van der Waals surface area (Å²) in [6, 6.07) is 1.47. The predicted molar refractivity (Wildman–Crippen MR) is 44.0 cm³/mol. The molecule has 14 heavy (non-hydrogen) atoms. The van der Waals surface area contributed by atoms with Gasteiger partial charge < -0.3 is 11.1 Å². The van der Waals surface area contributed by atoms with Crippen LogP contribution in [0.5, 0.6) is 0 Å². The molecule has 0 aromatic heterocycles. The zero-order chi connectivity index (χ0) is 10.7. The summed E-state index contributed by atoms with van der Waals surface area (Å²) in [5.74, 6) is -4.88. The maximum absolute atomic E-state index is 12.6. The maximum atomic E-state index is 12.6. The van der Waals surface area contributed by atoms with Crippen LogP contribution in [0.1, 0.15) is 0 Å². The fourth-order valence-corrected chi connectivity index (χ4v) is 0.847. The first-order valence-electron chi connectivity index (χ1n) is 3.67. The lowest BCUT2D eigenvalue weighted by Gasteiger charge is -2.04. The molecule has 1 aromatic carbocycles. The Morgan fingerprint density at radius 3 is 2.21 bits per heavy atom. The highest BCUT2D eigenvalue weighted by atomic mass is 19.2. The van der Waals surface area contributed by atoms with Crippen LogP contribution in [0.2, 0.25) is 0 Å². The van der Waals surface area contributed by atoms with Crippen LogP contribution in [0.3, 0.4) is 0 Å². The first-order valence-corrected chi connectivity index (χ1v) is 3.67. The number of hydrogen-bond acceptors (Lipinski definition) is 2. The Hall–Kier alpha value is -1.72. The van der Waals surface area contributed by atoms with E-state index in [1.165, 1.54) is 0 Å². The number of carbonyl (C=O) groups excluding carboxylic acids is 1. The van der Waals surface area contributed by atoms with Crippen LogP contribution < -0.4 is 11.1 Å². The zero-order valence-corrected chi connectivity index (χ0v) is 6.98. The van der Waals surface area contributed by atoms with Crippen LogP contribution >= 0.6 is 0 Å². The van der Waals surface area contributed by atoms with Crippen LogP contribution in [0, 0.1) is 17.5 Å². The summed E-state index contributed by atoms with van der Waals surface area (Å²) in [5, 5.41) is 2.33. The quantitative estimate of drug-likeness (QED) is 0.721. The minimum atomic E-state index is -1.55. The normalized spacial score (nSPS) is 9.93. The number of primary amides is 1. The first-order chi connectivity index (χ1) is 6.50. The van der Waals surface area contributed by atoms with Crippen molar-refractivity contribution in [3.05, 3.63) is 29.6 Å². The van der Waals surface area contributed by atoms with E-state index in [9.17, 15) is 18.0 Å². The summed E-state index contributed by atoms with van der Waals surface area (Å²) in [7, 11) is 0. The summed E-state index contributed by atoms with van der Waals surface area (Å²) < 4.78 is 37.6. The molecule has 0 spiro atoms. The Kier molecular flexibility index (Phi) is 2.95. The van der Waals surface area contributed by atoms with Crippen molar-refractivity contribution in [2.75, 3.05) is 11.9 Å². The molecule has 0 bridgehead atoms. The van der Waals surface area contributed by atoms with E-state index < -0.39 is 23.4 Å². The van der Waals surface area contributed by atoms with E-state index >= 15 is 0 Å². The highest BCUT2D eigenvalue weighted by Gasteiger charge is 2.10. The lowest BCUT2D eigenvalue weighted by atomic mass is 10.3. The van der Waals surface area contributed by atoms with Gasteiger partial charge in [-0.25, -0.2) is 13.2 Å². The fraction of sp³-hybridized carbons (Fsp3) is 0.125. The zero-order valence-electron chi connectivity index (χ0n) is 6.98. The van der Waals surface area contributed by atoms with Crippen molar-refractivity contribution in [1.82, 2.24) is 0 Å². The molecule has 0 aliphatic rings. The summed E-state index contributed by atoms with van der Waals surface area (Å²) in [6.45, 7) is -0.273. The van der Waals surface area contributed by atoms with Gasteiger partial charge in [0.15, 0.2) is 17.5 Å². The third-order valence-corrected chi connectivity index (χ3v) is 1.45. The second-order valence-corrected chi connectivity index (χ2v) is 2.57. The lowest BCUT2D eigenvalue weighted by Crippen LogP contribution is -2.21. The molecule has 76 valence electrons. The van der Waals surface area contributed by atoms with Crippen molar-refractivity contribution < 1.29 is 18.0 Å². The number of nitrogens with one attached hydrogen (secondary N) is 1. The minimum Gasteiger partial charge on any atom is -0.376 e. The Bertz CT molecular complexity index is 345. The molecule has 3 N–H and O–H groups in total. The maximum Gasteiger partial charge on any atom is 0.236 e. The van der Waals surface area contributed by atoms with E-state index in [4.69, 9.17) is 5.73 Å². The smallest absolute Gasteiger partial charge is 0.236 e. The van der Waals surface area contributed by atoms with E-state index in [1.807, 2.05) is 0 Å². The molecular weight excluding hydrogens is 197 g/mol. The predicted octanol–water partition coefficient (Wildman–Crippen LogP) is 1.00. The van der Waals surface area contributed by atoms with E-state index in [0.29, 0.717) is 0 Å². The van der Waals surface area contributed by atoms with Gasteiger partial charge in [-0.2, -0.15) is 0 Å². The number of rotatable bonds is 3. The molecule has 3 nitrogen and oxygen atoms in total. The van der Waals surface area contributed by atoms with E-state index in [1.54, 1.807) is 0 Å². The van der Waals surface area contributed by atoms with Gasteiger partial charge in [-0.3, -0.25) is 4.79 Å². The van der Waals surface area contributed by atoms with E-state index in [0.717, 1.165) is 12.1 Å². The van der Waals surface area contributed by atoms with Gasteiger partial charge in [0.05, 0.1) is 6.54 Å². The summed E-state index contributed by atoms with van der Waals surface area (Å²) in [5.41, 5.74) is 4.74. The van der Waals surface area contributed by atoms with E-state index in [-0.39, 0.29) is 12.2 Å². The van der Waals surface area contributed by atoms with E-state index in [2.05, 4.69) is 5.32 Å². The molecular formula is C8H7F3N2O. The SMILES string of the molecule is NC(=O)CNc1cc(F)c(F)c(F)c1. The topological polar surface area (TPSA) is 55.1 Å². The second kappa shape index (κ2) is 3.99. The van der Waals surface area contributed by atoms with Crippen molar-refractivity contribution in [3.8, 4) is 0 Å². The third kappa shape index (κ3) is 2.38. The number of halogens is 3. The summed E-state index contributed by atoms with van der Waals surface area (Å²) in [4.78, 5) is 10.3. The van der Waals surface area contributed by atoms with Gasteiger partial charge in [-0.15, -0.1) is 0 Å². The van der Waals surface area contributed by atoms with Crippen molar-refractivity contribution in [2.24, 2.45) is 5.73 Å². The Morgan fingerprint density at radius 2 is 1.79 bits per heavy atom. The summed E-state index contributed by atoms with van der Waals surface area (Å²) >= 11 is 0. The van der Waals surface area contributed by atoms with Crippen LogP contribution in [0.25, 0.3) is 0 Å². The molecule has 1 rings (SSSR count). The minimum absolute atomic E-state index is 0.0415. The highest BCUT2D eigenvalue weighted by molar-refractivity contribution is 5.78. The first kappa shape index (κ1) is 10.4. The van der Waals surface area contributed by atoms with Gasteiger partial charge in [0, 0.05) is 17.8 Å². The number of anilines is 1. The molecule has 0 radical (unpaired) electrons. The average Bonchev–Trinajstić information content (AvgIpc) is 2.10. The fourth-order valence-electron chi connectivity index (χ4n) is 0.847. The van der Waals surface area contributed by atoms with Crippen LogP contribution in [-0.4, -0.2) is 12.5 Å². The van der Waals surface area contributed by atoms with Gasteiger partial charge >= 0.3 is 0 Å². The van der Waals surface area contributed by atoms with Crippen LogP contribution in [0.15, 0.2) is 12.1 Å². The Morgan fingerprint density at radius 1 is 1.29 bits per heavy atom. The van der Waals surface area contributed by atoms with Crippen LogP contribution in [0.4, 0.5) is 18.9 Å². The lowest BCUT2D eigenvalue weighted by molar-refractivity contribution is -0.116. The van der Waals surface area contributed by atoms with Crippen molar-refractivity contribution >= 4 is 11.6 Å². The van der Waals surface area contributed by atoms with Gasteiger partial charge in [0.25, 0.3) is 0 Å². The number of nitrogens with two attached hydrogens (primary N) is 1. The van der Waals surface area contributed by atoms with Gasteiger partial charge in [-0.1, -0.05) is 0 Å². The number of benzene rings is 1. The molecule has 0 aliphatic heterocycles. The Labute approximate surface area is 77.7 Å². The molecule has 0 fully saturated rings. The molecule has 0 aliphatic carbocycles. The molecule has 0 atom stereocenters. The highest BCUT2D eigenvalue weighted by Crippen LogP contribution is 2.16. The number of amides is 1. The second-order valence-electron chi connectivity index (χ2n) is 2.57. The molecule has 0 heterocycles. The standard InChI is InChI=1S/C8H7F3N2O/c9-5-1-4(13-3-7(12)14)2-6(10)8(5)11/h1-2,13H,3H2,(H2,12,14). The molecule has 0 saturated carbocycles. The van der Waals surface area contributed by atoms with Crippen molar-refractivity contribution in [1.29, 1.82) is 0 Å². The van der Waals surface area contributed by atoms with Gasteiger partial charge in [0.2, 0.25) is 5.91 Å². The monoisotopic (exact) mass is 204 g/mol. The molecule has 0 unspecified atom stereocenters. The molecule has 1 aromatic rings. The Balaban J connectivity index is 2.84. The molecule has 1 amide bonds. The molecule has 0 saturated heterocycles. The van der Waals surface area contributed by atoms with Gasteiger partial charge in [-0.05, 0) is 0 Å². The number of carbonyl (C=O) groups is 1.